The average Bonchev–Trinajstić information content (AvgIpc) is 2.39. The topological polar surface area (TPSA) is 67.2 Å². The lowest BCUT2D eigenvalue weighted by Crippen LogP contribution is -2.58. The van der Waals surface area contributed by atoms with Crippen LogP contribution in [0.4, 0.5) is 11.4 Å². The van der Waals surface area contributed by atoms with E-state index in [4.69, 9.17) is 0 Å². The van der Waals surface area contributed by atoms with Gasteiger partial charge >= 0.3 is 0 Å². The van der Waals surface area contributed by atoms with Crippen molar-refractivity contribution in [3.8, 4) is 0 Å². The highest BCUT2D eigenvalue weighted by Crippen LogP contribution is 2.39. The van der Waals surface area contributed by atoms with Crippen molar-refractivity contribution in [1.82, 2.24) is 5.32 Å². The Balaban J connectivity index is 1.75. The predicted molar refractivity (Wildman–Crippen MR) is 87.0 cm³/mol. The second-order valence-corrected chi connectivity index (χ2v) is 7.06. The number of hydrogen-bond donors (Lipinski definition) is 2. The van der Waals surface area contributed by atoms with E-state index in [9.17, 15) is 10.1 Å². The lowest BCUT2D eigenvalue weighted by atomic mass is 9.70. The summed E-state index contributed by atoms with van der Waals surface area (Å²) in [5.41, 5.74) is 1.13. The molecule has 2 N–H and O–H groups in total. The van der Waals surface area contributed by atoms with Gasteiger partial charge in [0.25, 0.3) is 5.69 Å². The maximum absolute atomic E-state index is 11.2. The fourth-order valence-corrected chi connectivity index (χ4v) is 3.74. The molecule has 6 heteroatoms. The van der Waals surface area contributed by atoms with Gasteiger partial charge in [0.2, 0.25) is 0 Å². The average molecular weight is 387 g/mol. The van der Waals surface area contributed by atoms with Crippen molar-refractivity contribution in [1.29, 1.82) is 0 Å². The predicted octanol–water partition coefficient (Wildman–Crippen LogP) is 3.29. The van der Waals surface area contributed by atoms with E-state index < -0.39 is 0 Å². The minimum absolute atomic E-state index is 0.179. The first-order valence-electron chi connectivity index (χ1n) is 7.04. The molecule has 1 aliphatic heterocycles. The first-order valence-corrected chi connectivity index (χ1v) is 8.11. The minimum Gasteiger partial charge on any atom is -0.377 e. The van der Waals surface area contributed by atoms with Crippen molar-refractivity contribution >= 4 is 34.0 Å². The van der Waals surface area contributed by atoms with E-state index in [1.165, 1.54) is 19.3 Å². The van der Waals surface area contributed by atoms with Crippen LogP contribution < -0.4 is 10.6 Å². The van der Waals surface area contributed by atoms with E-state index >= 15 is 0 Å². The first kappa shape index (κ1) is 14.1. The first-order chi connectivity index (χ1) is 9.58. The Morgan fingerprint density at radius 3 is 2.90 bits per heavy atom. The van der Waals surface area contributed by atoms with Crippen molar-refractivity contribution in [2.75, 3.05) is 11.9 Å². The van der Waals surface area contributed by atoms with Gasteiger partial charge in [-0.3, -0.25) is 10.1 Å². The third-order valence-electron chi connectivity index (χ3n) is 4.46. The Kier molecular flexibility index (Phi) is 3.85. The van der Waals surface area contributed by atoms with Gasteiger partial charge in [-0.2, -0.15) is 0 Å². The SMILES string of the molecule is O=[N+]([O-])c1cc(I)ccc1NC1CCNC2(CCC2)C1. The Labute approximate surface area is 131 Å². The molecule has 1 saturated carbocycles. The zero-order valence-electron chi connectivity index (χ0n) is 11.2. The minimum atomic E-state index is -0.301. The Bertz CT molecular complexity index is 531. The van der Waals surface area contributed by atoms with Gasteiger partial charge in [-0.25, -0.2) is 0 Å². The van der Waals surface area contributed by atoms with E-state index in [0.29, 0.717) is 17.3 Å². The highest BCUT2D eigenvalue weighted by molar-refractivity contribution is 14.1. The highest BCUT2D eigenvalue weighted by Gasteiger charge is 2.41. The van der Waals surface area contributed by atoms with E-state index in [0.717, 1.165) is 23.0 Å². The van der Waals surface area contributed by atoms with E-state index in [1.54, 1.807) is 6.07 Å². The smallest absolute Gasteiger partial charge is 0.293 e. The molecular formula is C14H18IN3O2. The number of halogens is 1. The second kappa shape index (κ2) is 5.48. The standard InChI is InChI=1S/C14H18IN3O2/c15-10-2-3-12(13(8-10)18(19)20)17-11-4-7-16-14(9-11)5-1-6-14/h2-3,8,11,16-17H,1,4-7,9H2. The van der Waals surface area contributed by atoms with Crippen LogP contribution in [0.1, 0.15) is 32.1 Å². The summed E-state index contributed by atoms with van der Waals surface area (Å²) in [6, 6.07) is 5.70. The molecule has 2 fully saturated rings. The van der Waals surface area contributed by atoms with Gasteiger partial charge in [0.15, 0.2) is 0 Å². The van der Waals surface area contributed by atoms with Crippen LogP contribution in [-0.2, 0) is 0 Å². The molecular weight excluding hydrogens is 369 g/mol. The quantitative estimate of drug-likeness (QED) is 0.475. The summed E-state index contributed by atoms with van der Waals surface area (Å²) < 4.78 is 0.889. The summed E-state index contributed by atoms with van der Waals surface area (Å²) in [4.78, 5) is 10.9. The molecule has 1 atom stereocenters. The lowest BCUT2D eigenvalue weighted by molar-refractivity contribution is -0.384. The van der Waals surface area contributed by atoms with Crippen molar-refractivity contribution < 1.29 is 4.92 Å². The molecule has 2 aliphatic rings. The van der Waals surface area contributed by atoms with Crippen molar-refractivity contribution in [3.05, 3.63) is 31.9 Å². The number of hydrogen-bond acceptors (Lipinski definition) is 4. The Morgan fingerprint density at radius 2 is 2.25 bits per heavy atom. The fourth-order valence-electron chi connectivity index (χ4n) is 3.26. The number of nitrogens with zero attached hydrogens (tertiary/aromatic N) is 1. The summed E-state index contributed by atoms with van der Waals surface area (Å²) in [5, 5.41) is 18.2. The van der Waals surface area contributed by atoms with Gasteiger partial charge in [0, 0.05) is 21.2 Å². The molecule has 5 nitrogen and oxygen atoms in total. The van der Waals surface area contributed by atoms with Gasteiger partial charge in [-0.15, -0.1) is 0 Å². The number of piperidine rings is 1. The molecule has 0 bridgehead atoms. The molecule has 3 rings (SSSR count). The molecule has 108 valence electrons. The molecule has 0 amide bonds. The number of anilines is 1. The highest BCUT2D eigenvalue weighted by atomic mass is 127. The molecule has 1 spiro atoms. The van der Waals surface area contributed by atoms with Gasteiger partial charge in [0.05, 0.1) is 4.92 Å². The number of benzene rings is 1. The van der Waals surface area contributed by atoms with E-state index in [1.807, 2.05) is 12.1 Å². The lowest BCUT2D eigenvalue weighted by Gasteiger charge is -2.48. The molecule has 1 aliphatic carbocycles. The Hall–Kier alpha value is -0.890. The fraction of sp³-hybridized carbons (Fsp3) is 0.571. The second-order valence-electron chi connectivity index (χ2n) is 5.81. The number of nitro benzene ring substituents is 1. The maximum Gasteiger partial charge on any atom is 0.293 e. The summed E-state index contributed by atoms with van der Waals surface area (Å²) in [5.74, 6) is 0. The number of nitrogens with one attached hydrogen (secondary N) is 2. The van der Waals surface area contributed by atoms with Crippen LogP contribution in [0.25, 0.3) is 0 Å². The largest absolute Gasteiger partial charge is 0.377 e. The third kappa shape index (κ3) is 2.76. The molecule has 1 heterocycles. The van der Waals surface area contributed by atoms with Crippen LogP contribution in [-0.4, -0.2) is 23.0 Å². The molecule has 20 heavy (non-hydrogen) atoms. The van der Waals surface area contributed by atoms with Gasteiger partial charge in [0.1, 0.15) is 5.69 Å². The van der Waals surface area contributed by atoms with Crippen LogP contribution in [0, 0.1) is 13.7 Å². The maximum atomic E-state index is 11.2. The van der Waals surface area contributed by atoms with E-state index in [-0.39, 0.29) is 10.6 Å². The Morgan fingerprint density at radius 1 is 1.45 bits per heavy atom. The molecule has 0 radical (unpaired) electrons. The molecule has 1 saturated heterocycles. The van der Waals surface area contributed by atoms with Crippen molar-refractivity contribution in [2.24, 2.45) is 0 Å². The van der Waals surface area contributed by atoms with Crippen molar-refractivity contribution in [3.63, 3.8) is 0 Å². The number of rotatable bonds is 3. The molecule has 0 aromatic heterocycles. The molecule has 1 unspecified atom stereocenters. The van der Waals surface area contributed by atoms with Gasteiger partial charge in [-0.05, 0) is 73.4 Å². The van der Waals surface area contributed by atoms with Crippen LogP contribution in [0.2, 0.25) is 0 Å². The van der Waals surface area contributed by atoms with Gasteiger partial charge in [-0.1, -0.05) is 0 Å². The number of nitro groups is 1. The normalized spacial score (nSPS) is 24.1. The van der Waals surface area contributed by atoms with E-state index in [2.05, 4.69) is 33.2 Å². The zero-order valence-corrected chi connectivity index (χ0v) is 13.4. The van der Waals surface area contributed by atoms with Crippen molar-refractivity contribution in [2.45, 2.75) is 43.7 Å². The van der Waals surface area contributed by atoms with Crippen LogP contribution in [0.15, 0.2) is 18.2 Å². The molecule has 1 aromatic rings. The summed E-state index contributed by atoms with van der Waals surface area (Å²) in [7, 11) is 0. The monoisotopic (exact) mass is 387 g/mol. The third-order valence-corrected chi connectivity index (χ3v) is 5.13. The summed E-state index contributed by atoms with van der Waals surface area (Å²) in [6.45, 7) is 0.996. The van der Waals surface area contributed by atoms with Crippen LogP contribution in [0.5, 0.6) is 0 Å². The molecule has 1 aromatic carbocycles. The summed E-state index contributed by atoms with van der Waals surface area (Å²) in [6.07, 6.45) is 5.85. The van der Waals surface area contributed by atoms with Crippen LogP contribution in [0.3, 0.4) is 0 Å². The summed E-state index contributed by atoms with van der Waals surface area (Å²) >= 11 is 2.10. The zero-order chi connectivity index (χ0) is 14.2. The van der Waals surface area contributed by atoms with Gasteiger partial charge < -0.3 is 10.6 Å². The van der Waals surface area contributed by atoms with Crippen LogP contribution >= 0.6 is 22.6 Å².